The van der Waals surface area contributed by atoms with E-state index in [0.29, 0.717) is 19.0 Å². The molecule has 0 spiro atoms. The van der Waals surface area contributed by atoms with Crippen LogP contribution in [-0.4, -0.2) is 41.3 Å². The van der Waals surface area contributed by atoms with Crippen LogP contribution in [0.25, 0.3) is 11.1 Å². The Labute approximate surface area is 174 Å². The summed E-state index contributed by atoms with van der Waals surface area (Å²) in [6, 6.07) is 12.3. The van der Waals surface area contributed by atoms with Crippen molar-refractivity contribution < 1.29 is 24.2 Å². The molecule has 154 valence electrons. The molecule has 0 aliphatic carbocycles. The van der Waals surface area contributed by atoms with E-state index >= 15 is 0 Å². The maximum absolute atomic E-state index is 11.5. The Bertz CT molecular complexity index is 883. The minimum atomic E-state index is -0.974. The summed E-state index contributed by atoms with van der Waals surface area (Å²) in [6.45, 7) is 2.93. The van der Waals surface area contributed by atoms with Gasteiger partial charge in [-0.25, -0.2) is 4.79 Å². The highest BCUT2D eigenvalue weighted by Gasteiger charge is 2.26. The smallest absolute Gasteiger partial charge is 0.335 e. The van der Waals surface area contributed by atoms with Gasteiger partial charge in [0.1, 0.15) is 11.0 Å². The predicted octanol–water partition coefficient (Wildman–Crippen LogP) is 3.89. The molecule has 3 N–H and O–H groups in total. The molecule has 0 radical (unpaired) electrons. The van der Waals surface area contributed by atoms with Crippen molar-refractivity contribution in [2.75, 3.05) is 19.0 Å². The van der Waals surface area contributed by atoms with E-state index in [-0.39, 0.29) is 22.8 Å². The number of benzene rings is 2. The van der Waals surface area contributed by atoms with Gasteiger partial charge in [-0.05, 0) is 60.1 Å². The van der Waals surface area contributed by atoms with Crippen LogP contribution in [0.3, 0.4) is 0 Å². The molecule has 0 amide bonds. The molecule has 0 saturated carbocycles. The highest BCUT2D eigenvalue weighted by atomic mass is 32.2. The monoisotopic (exact) mass is 415 g/mol. The number of ether oxygens (including phenoxy) is 2. The quantitative estimate of drug-likeness (QED) is 0.473. The fourth-order valence-corrected chi connectivity index (χ4v) is 4.23. The average Bonchev–Trinajstić information content (AvgIpc) is 3.12. The van der Waals surface area contributed by atoms with E-state index in [9.17, 15) is 14.7 Å². The van der Waals surface area contributed by atoms with Gasteiger partial charge in [-0.2, -0.15) is 0 Å². The molecule has 1 aliphatic rings. The Kier molecular flexibility index (Phi) is 7.17. The molecule has 6 nitrogen and oxygen atoms in total. The number of carboxylic acids is 1. The third-order valence-electron chi connectivity index (χ3n) is 4.70. The molecular formula is C22H25NO5S. The van der Waals surface area contributed by atoms with Crippen molar-refractivity contribution in [3.05, 3.63) is 53.6 Å². The summed E-state index contributed by atoms with van der Waals surface area (Å²) in [4.78, 5) is 22.8. The summed E-state index contributed by atoms with van der Waals surface area (Å²) in [5.74, 6) is 0.453. The summed E-state index contributed by atoms with van der Waals surface area (Å²) in [7, 11) is 0. The lowest BCUT2D eigenvalue weighted by Crippen LogP contribution is -2.11. The number of carboxylic acid groups (broad SMARTS) is 1. The van der Waals surface area contributed by atoms with Crippen LogP contribution >= 0.6 is 11.8 Å². The molecule has 2 aromatic rings. The molecule has 2 atom stereocenters. The van der Waals surface area contributed by atoms with Crippen molar-refractivity contribution in [3.8, 4) is 16.9 Å². The van der Waals surface area contributed by atoms with Crippen molar-refractivity contribution in [1.82, 2.24) is 0 Å². The lowest BCUT2D eigenvalue weighted by molar-refractivity contribution is -0.137. The van der Waals surface area contributed by atoms with Gasteiger partial charge < -0.3 is 20.3 Å². The number of hydrogen-bond acceptors (Lipinski definition) is 6. The summed E-state index contributed by atoms with van der Waals surface area (Å²) in [6.07, 6.45) is 1.60. The topological polar surface area (TPSA) is 98.9 Å². The summed E-state index contributed by atoms with van der Waals surface area (Å²) in [5, 5.41) is 9.27. The first-order chi connectivity index (χ1) is 14.0. The van der Waals surface area contributed by atoms with Gasteiger partial charge in [0.15, 0.2) is 0 Å². The maximum Gasteiger partial charge on any atom is 0.335 e. The zero-order valence-electron chi connectivity index (χ0n) is 16.3. The Morgan fingerprint density at radius 1 is 1.34 bits per heavy atom. The van der Waals surface area contributed by atoms with Gasteiger partial charge in [-0.1, -0.05) is 18.2 Å². The van der Waals surface area contributed by atoms with Gasteiger partial charge in [0.05, 0.1) is 18.8 Å². The largest absolute Gasteiger partial charge is 0.494 e. The minimum absolute atomic E-state index is 0.0449. The number of esters is 1. The summed E-state index contributed by atoms with van der Waals surface area (Å²) in [5.41, 5.74) is 8.83. The lowest BCUT2D eigenvalue weighted by Gasteiger charge is -2.15. The Morgan fingerprint density at radius 3 is 2.86 bits per heavy atom. The van der Waals surface area contributed by atoms with E-state index < -0.39 is 5.97 Å². The van der Waals surface area contributed by atoms with Crippen molar-refractivity contribution in [2.24, 2.45) is 5.73 Å². The number of thioether (sulfide) groups is 1. The van der Waals surface area contributed by atoms with Crippen LogP contribution in [0.1, 0.15) is 41.7 Å². The second-order valence-electron chi connectivity index (χ2n) is 6.94. The summed E-state index contributed by atoms with van der Waals surface area (Å²) >= 11 is 1.61. The third kappa shape index (κ3) is 5.52. The maximum atomic E-state index is 11.5. The predicted molar refractivity (Wildman–Crippen MR) is 113 cm³/mol. The fourth-order valence-electron chi connectivity index (χ4n) is 3.19. The normalized spacial score (nSPS) is 17.0. The fraction of sp³-hybridized carbons (Fsp3) is 0.364. The molecule has 1 saturated heterocycles. The Hall–Kier alpha value is -2.51. The molecule has 1 heterocycles. The first-order valence-electron chi connectivity index (χ1n) is 9.60. The van der Waals surface area contributed by atoms with Crippen LogP contribution in [0.4, 0.5) is 0 Å². The lowest BCUT2D eigenvalue weighted by atomic mass is 9.94. The van der Waals surface area contributed by atoms with E-state index in [1.165, 1.54) is 0 Å². The van der Waals surface area contributed by atoms with Gasteiger partial charge in [0.25, 0.3) is 0 Å². The number of aromatic carboxylic acids is 1. The van der Waals surface area contributed by atoms with Crippen LogP contribution < -0.4 is 10.5 Å². The molecule has 0 bridgehead atoms. The first-order valence-corrected chi connectivity index (χ1v) is 10.6. The molecule has 29 heavy (non-hydrogen) atoms. The van der Waals surface area contributed by atoms with E-state index in [1.54, 1.807) is 30.0 Å². The van der Waals surface area contributed by atoms with Crippen molar-refractivity contribution in [1.29, 1.82) is 0 Å². The van der Waals surface area contributed by atoms with E-state index in [2.05, 4.69) is 0 Å². The molecular weight excluding hydrogens is 390 g/mol. The molecule has 1 fully saturated rings. The molecule has 1 aliphatic heterocycles. The second-order valence-corrected chi connectivity index (χ2v) is 8.25. The molecule has 0 aromatic heterocycles. The summed E-state index contributed by atoms with van der Waals surface area (Å²) < 4.78 is 10.8. The molecule has 7 heteroatoms. The van der Waals surface area contributed by atoms with Gasteiger partial charge in [0, 0.05) is 12.5 Å². The highest BCUT2D eigenvalue weighted by Crippen LogP contribution is 2.31. The Morgan fingerprint density at radius 2 is 2.17 bits per heavy atom. The van der Waals surface area contributed by atoms with E-state index in [4.69, 9.17) is 15.2 Å². The second kappa shape index (κ2) is 9.80. The van der Waals surface area contributed by atoms with E-state index in [1.807, 2.05) is 31.2 Å². The first kappa shape index (κ1) is 21.2. The van der Waals surface area contributed by atoms with Crippen molar-refractivity contribution >= 4 is 23.7 Å². The molecule has 3 rings (SSSR count). The molecule has 2 unspecified atom stereocenters. The van der Waals surface area contributed by atoms with Crippen molar-refractivity contribution in [3.63, 3.8) is 0 Å². The SMILES string of the molecule is CC(N)c1ccc(C(=O)O)cc1-c1cccc(OCCCSC2CCOC2=O)c1. The van der Waals surface area contributed by atoms with Gasteiger partial charge in [0.2, 0.25) is 0 Å². The van der Waals surface area contributed by atoms with Crippen LogP contribution in [-0.2, 0) is 9.53 Å². The zero-order valence-corrected chi connectivity index (χ0v) is 17.1. The molecule has 2 aromatic carbocycles. The van der Waals surface area contributed by atoms with Crippen LogP contribution in [0.2, 0.25) is 0 Å². The zero-order chi connectivity index (χ0) is 20.8. The van der Waals surface area contributed by atoms with Crippen LogP contribution in [0, 0.1) is 0 Å². The Balaban J connectivity index is 1.64. The number of hydrogen-bond donors (Lipinski definition) is 2. The number of cyclic esters (lactones) is 1. The van der Waals surface area contributed by atoms with Crippen LogP contribution in [0.15, 0.2) is 42.5 Å². The standard InChI is InChI=1S/C22H25NO5S/c1-14(23)18-7-6-16(21(24)25)13-19(18)15-4-2-5-17(12-15)27-9-3-11-29-20-8-10-28-22(20)26/h2,4-7,12-14,20H,3,8-11,23H2,1H3,(H,24,25). The minimum Gasteiger partial charge on any atom is -0.494 e. The van der Waals surface area contributed by atoms with Gasteiger partial charge >= 0.3 is 11.9 Å². The van der Waals surface area contributed by atoms with Crippen molar-refractivity contribution in [2.45, 2.75) is 31.1 Å². The number of carbonyl (C=O) groups excluding carboxylic acids is 1. The van der Waals surface area contributed by atoms with Gasteiger partial charge in [-0.3, -0.25) is 4.79 Å². The number of nitrogens with two attached hydrogens (primary N) is 1. The number of rotatable bonds is 9. The van der Waals surface area contributed by atoms with Crippen LogP contribution in [0.5, 0.6) is 5.75 Å². The average molecular weight is 416 g/mol. The third-order valence-corrected chi connectivity index (χ3v) is 6.05. The van der Waals surface area contributed by atoms with E-state index in [0.717, 1.165) is 35.3 Å². The van der Waals surface area contributed by atoms with Gasteiger partial charge in [-0.15, -0.1) is 11.8 Å². The number of carbonyl (C=O) groups is 2. The highest BCUT2D eigenvalue weighted by molar-refractivity contribution is 8.00.